The lowest BCUT2D eigenvalue weighted by Crippen LogP contribution is -2.39. The molecule has 0 aromatic heterocycles. The van der Waals surface area contributed by atoms with E-state index in [1.54, 1.807) is 0 Å². The predicted octanol–water partition coefficient (Wildman–Crippen LogP) is 2.60. The lowest BCUT2D eigenvalue weighted by molar-refractivity contribution is -0.121. The van der Waals surface area contributed by atoms with Gasteiger partial charge in [-0.05, 0) is 37.3 Å². The number of carbonyl (C=O) groups excluding carboxylic acids is 1. The fourth-order valence-corrected chi connectivity index (χ4v) is 1.89. The Labute approximate surface area is 116 Å². The number of hydrogen-bond acceptors (Lipinski definition) is 2. The number of carbonyl (C=O) groups is 1. The topological polar surface area (TPSA) is 55.1 Å². The Balaban J connectivity index is 2.35. The first kappa shape index (κ1) is 15.7. The third-order valence-electron chi connectivity index (χ3n) is 3.00. The molecule has 1 rings (SSSR count). The Hall–Kier alpha value is -1.35. The van der Waals surface area contributed by atoms with Gasteiger partial charge in [-0.2, -0.15) is 0 Å². The summed E-state index contributed by atoms with van der Waals surface area (Å²) >= 11 is 0. The number of nitrogens with one attached hydrogen (secondary N) is 1. The van der Waals surface area contributed by atoms with Crippen LogP contribution in [-0.4, -0.2) is 18.0 Å². The van der Waals surface area contributed by atoms with Crippen LogP contribution in [0, 0.1) is 0 Å². The van der Waals surface area contributed by atoms with Gasteiger partial charge in [0, 0.05) is 18.5 Å². The van der Waals surface area contributed by atoms with E-state index in [-0.39, 0.29) is 5.91 Å². The van der Waals surface area contributed by atoms with Crippen molar-refractivity contribution >= 4 is 5.91 Å². The second-order valence-corrected chi connectivity index (χ2v) is 6.16. The highest BCUT2D eigenvalue weighted by Crippen LogP contribution is 2.14. The van der Waals surface area contributed by atoms with E-state index in [0.29, 0.717) is 18.9 Å². The molecule has 0 atom stereocenters. The van der Waals surface area contributed by atoms with Crippen molar-refractivity contribution in [2.24, 2.45) is 5.73 Å². The van der Waals surface area contributed by atoms with Crippen molar-refractivity contribution in [3.05, 3.63) is 35.4 Å². The fourth-order valence-electron chi connectivity index (χ4n) is 1.89. The van der Waals surface area contributed by atoms with Gasteiger partial charge in [0.15, 0.2) is 0 Å². The third-order valence-corrected chi connectivity index (χ3v) is 3.00. The molecule has 0 bridgehead atoms. The van der Waals surface area contributed by atoms with Gasteiger partial charge >= 0.3 is 0 Å². The van der Waals surface area contributed by atoms with Crippen LogP contribution in [-0.2, 0) is 11.2 Å². The predicted molar refractivity (Wildman–Crippen MR) is 80.1 cm³/mol. The van der Waals surface area contributed by atoms with Crippen LogP contribution in [0.3, 0.4) is 0 Å². The molecular formula is C16H26N2O. The van der Waals surface area contributed by atoms with Gasteiger partial charge in [0.1, 0.15) is 0 Å². The van der Waals surface area contributed by atoms with Crippen molar-refractivity contribution in [2.45, 2.75) is 52.0 Å². The van der Waals surface area contributed by atoms with Crippen molar-refractivity contribution < 1.29 is 4.79 Å². The molecule has 1 amide bonds. The number of benzene rings is 1. The Morgan fingerprint density at radius 2 is 1.84 bits per heavy atom. The van der Waals surface area contributed by atoms with Crippen LogP contribution >= 0.6 is 0 Å². The second kappa shape index (κ2) is 6.71. The van der Waals surface area contributed by atoms with Crippen molar-refractivity contribution in [2.75, 3.05) is 6.54 Å². The quantitative estimate of drug-likeness (QED) is 0.828. The molecule has 0 saturated heterocycles. The zero-order chi connectivity index (χ0) is 14.5. The number of amides is 1. The molecule has 0 heterocycles. The molecule has 0 saturated carbocycles. The summed E-state index contributed by atoms with van der Waals surface area (Å²) in [6, 6.07) is 8.58. The average Bonchev–Trinajstić information content (AvgIpc) is 2.27. The minimum Gasteiger partial charge on any atom is -0.356 e. The van der Waals surface area contributed by atoms with Crippen molar-refractivity contribution in [1.82, 2.24) is 5.32 Å². The van der Waals surface area contributed by atoms with Crippen LogP contribution in [0.1, 0.15) is 51.2 Å². The second-order valence-electron chi connectivity index (χ2n) is 6.16. The van der Waals surface area contributed by atoms with Gasteiger partial charge in [0.2, 0.25) is 5.91 Å². The zero-order valence-electron chi connectivity index (χ0n) is 12.5. The maximum absolute atomic E-state index is 11.6. The van der Waals surface area contributed by atoms with E-state index < -0.39 is 5.54 Å². The van der Waals surface area contributed by atoms with Gasteiger partial charge in [0.25, 0.3) is 0 Å². The van der Waals surface area contributed by atoms with E-state index in [0.717, 1.165) is 6.42 Å². The molecule has 0 fully saturated rings. The van der Waals surface area contributed by atoms with E-state index in [2.05, 4.69) is 43.4 Å². The Kier molecular flexibility index (Phi) is 5.55. The summed E-state index contributed by atoms with van der Waals surface area (Å²) in [6.07, 6.45) is 1.22. The summed E-state index contributed by atoms with van der Waals surface area (Å²) in [5.41, 5.74) is 7.95. The fraction of sp³-hybridized carbons (Fsp3) is 0.562. The molecular weight excluding hydrogens is 236 g/mol. The maximum Gasteiger partial charge on any atom is 0.221 e. The van der Waals surface area contributed by atoms with Gasteiger partial charge in [-0.1, -0.05) is 38.1 Å². The zero-order valence-corrected chi connectivity index (χ0v) is 12.5. The molecule has 3 nitrogen and oxygen atoms in total. The molecule has 3 heteroatoms. The summed E-state index contributed by atoms with van der Waals surface area (Å²) in [4.78, 5) is 11.6. The van der Waals surface area contributed by atoms with Crippen LogP contribution in [0.5, 0.6) is 0 Å². The van der Waals surface area contributed by atoms with Gasteiger partial charge in [-0.15, -0.1) is 0 Å². The molecule has 19 heavy (non-hydrogen) atoms. The van der Waals surface area contributed by atoms with Crippen LogP contribution in [0.15, 0.2) is 24.3 Å². The van der Waals surface area contributed by atoms with E-state index in [9.17, 15) is 4.79 Å². The van der Waals surface area contributed by atoms with E-state index >= 15 is 0 Å². The Morgan fingerprint density at radius 3 is 2.32 bits per heavy atom. The highest BCUT2D eigenvalue weighted by molar-refractivity contribution is 5.77. The highest BCUT2D eigenvalue weighted by Gasteiger charge is 2.15. The molecule has 0 unspecified atom stereocenters. The van der Waals surface area contributed by atoms with E-state index in [1.165, 1.54) is 11.1 Å². The van der Waals surface area contributed by atoms with Crippen LogP contribution in [0.25, 0.3) is 0 Å². The molecule has 0 spiro atoms. The molecule has 0 aliphatic carbocycles. The van der Waals surface area contributed by atoms with Crippen LogP contribution in [0.2, 0.25) is 0 Å². The lowest BCUT2D eigenvalue weighted by atomic mass is 10.0. The normalized spacial score (nSPS) is 11.7. The Bertz CT molecular complexity index is 402. The first-order valence-electron chi connectivity index (χ1n) is 6.92. The summed E-state index contributed by atoms with van der Waals surface area (Å²) in [6.45, 7) is 8.75. The number of rotatable bonds is 6. The summed E-state index contributed by atoms with van der Waals surface area (Å²) < 4.78 is 0. The minimum atomic E-state index is -0.441. The van der Waals surface area contributed by atoms with Gasteiger partial charge in [0.05, 0.1) is 0 Å². The molecule has 1 aromatic carbocycles. The molecule has 3 N–H and O–H groups in total. The molecule has 1 aromatic rings. The molecule has 106 valence electrons. The SMILES string of the molecule is CC(C)c1ccc(CCNC(=O)CC(C)(C)N)cc1. The van der Waals surface area contributed by atoms with Gasteiger partial charge in [-0.25, -0.2) is 0 Å². The van der Waals surface area contributed by atoms with Crippen molar-refractivity contribution in [3.63, 3.8) is 0 Å². The third kappa shape index (κ3) is 6.39. The van der Waals surface area contributed by atoms with Crippen molar-refractivity contribution in [3.8, 4) is 0 Å². The van der Waals surface area contributed by atoms with Gasteiger partial charge in [-0.3, -0.25) is 4.79 Å². The van der Waals surface area contributed by atoms with Crippen LogP contribution in [0.4, 0.5) is 0 Å². The van der Waals surface area contributed by atoms with Crippen molar-refractivity contribution in [1.29, 1.82) is 0 Å². The smallest absolute Gasteiger partial charge is 0.221 e. The number of nitrogens with two attached hydrogens (primary N) is 1. The molecule has 0 aliphatic rings. The minimum absolute atomic E-state index is 0.0197. The molecule has 0 aliphatic heterocycles. The van der Waals surface area contributed by atoms with Crippen LogP contribution < -0.4 is 11.1 Å². The largest absolute Gasteiger partial charge is 0.356 e. The van der Waals surface area contributed by atoms with E-state index in [1.807, 2.05) is 13.8 Å². The first-order chi connectivity index (χ1) is 8.78. The lowest BCUT2D eigenvalue weighted by Gasteiger charge is -2.17. The summed E-state index contributed by atoms with van der Waals surface area (Å²) in [5, 5.41) is 2.91. The van der Waals surface area contributed by atoms with E-state index in [4.69, 9.17) is 5.73 Å². The summed E-state index contributed by atoms with van der Waals surface area (Å²) in [7, 11) is 0. The number of hydrogen-bond donors (Lipinski definition) is 2. The Morgan fingerprint density at radius 1 is 1.26 bits per heavy atom. The standard InChI is InChI=1S/C16H26N2O/c1-12(2)14-7-5-13(6-8-14)9-10-18-15(19)11-16(3,4)17/h5-8,12H,9-11,17H2,1-4H3,(H,18,19). The maximum atomic E-state index is 11.6. The highest BCUT2D eigenvalue weighted by atomic mass is 16.1. The first-order valence-corrected chi connectivity index (χ1v) is 6.92. The monoisotopic (exact) mass is 262 g/mol. The average molecular weight is 262 g/mol. The molecule has 0 radical (unpaired) electrons. The summed E-state index contributed by atoms with van der Waals surface area (Å²) in [5.74, 6) is 0.576. The van der Waals surface area contributed by atoms with Gasteiger partial charge < -0.3 is 11.1 Å².